The lowest BCUT2D eigenvalue weighted by Gasteiger charge is -2.33. The summed E-state index contributed by atoms with van der Waals surface area (Å²) in [6, 6.07) is 4.14. The minimum atomic E-state index is -3.64. The van der Waals surface area contributed by atoms with Gasteiger partial charge in [-0.15, -0.1) is 0 Å². The molecule has 2 aliphatic heterocycles. The molecule has 3 rings (SSSR count). The van der Waals surface area contributed by atoms with Gasteiger partial charge in [0.2, 0.25) is 15.0 Å². The zero-order valence-corrected chi connectivity index (χ0v) is 15.8. The summed E-state index contributed by atoms with van der Waals surface area (Å²) >= 11 is 5.86. The van der Waals surface area contributed by atoms with E-state index in [2.05, 4.69) is 20.9 Å². The van der Waals surface area contributed by atoms with Gasteiger partial charge in [-0.05, 0) is 43.6 Å². The topological polar surface area (TPSA) is 109 Å². The lowest BCUT2D eigenvalue weighted by Crippen LogP contribution is -2.50. The highest BCUT2D eigenvalue weighted by atomic mass is 35.5. The Morgan fingerprint density at radius 3 is 2.69 bits per heavy atom. The molecule has 5 N–H and O–H groups in total. The fourth-order valence-electron chi connectivity index (χ4n) is 2.93. The fraction of sp³-hybridized carbons (Fsp3) is 0.438. The molecule has 0 radical (unpaired) electrons. The largest absolute Gasteiger partial charge is 0.369 e. The molecule has 0 aliphatic carbocycles. The fourth-order valence-corrected chi connectivity index (χ4v) is 3.73. The molecule has 10 heteroatoms. The van der Waals surface area contributed by atoms with E-state index in [1.807, 2.05) is 0 Å². The van der Waals surface area contributed by atoms with Gasteiger partial charge in [0, 0.05) is 18.4 Å². The third-order valence-corrected chi connectivity index (χ3v) is 5.51. The molecule has 1 aromatic rings. The van der Waals surface area contributed by atoms with Gasteiger partial charge in [0.1, 0.15) is 11.6 Å². The van der Waals surface area contributed by atoms with Crippen LogP contribution in [0.15, 0.2) is 35.1 Å². The van der Waals surface area contributed by atoms with Crippen molar-refractivity contribution in [2.24, 2.45) is 10.7 Å². The van der Waals surface area contributed by atoms with Crippen LogP contribution in [0, 0.1) is 5.82 Å². The number of benzene rings is 1. The number of hydrogen-bond acceptors (Lipinski definition) is 7. The molecule has 142 valence electrons. The summed E-state index contributed by atoms with van der Waals surface area (Å²) in [4.78, 5) is 4.15. The number of nitrogens with two attached hydrogens (primary N) is 1. The Balaban J connectivity index is 1.99. The first-order chi connectivity index (χ1) is 12.2. The first-order valence-corrected chi connectivity index (χ1v) is 10.5. The molecule has 1 atom stereocenters. The van der Waals surface area contributed by atoms with Gasteiger partial charge in [-0.3, -0.25) is 5.73 Å². The molecular formula is C16H21ClFN5O2S. The minimum Gasteiger partial charge on any atom is -0.369 e. The Morgan fingerprint density at radius 2 is 2.08 bits per heavy atom. The Hall–Kier alpha value is -1.68. The summed E-state index contributed by atoms with van der Waals surface area (Å²) in [5.41, 5.74) is 5.28. The number of rotatable bonds is 3. The summed E-state index contributed by atoms with van der Waals surface area (Å²) in [5.74, 6) is -0.132. The van der Waals surface area contributed by atoms with Gasteiger partial charge in [0.25, 0.3) is 0 Å². The van der Waals surface area contributed by atoms with Crippen LogP contribution in [0.2, 0.25) is 5.02 Å². The van der Waals surface area contributed by atoms with Crippen molar-refractivity contribution in [1.29, 1.82) is 0 Å². The van der Waals surface area contributed by atoms with E-state index in [0.29, 0.717) is 11.4 Å². The number of sulfone groups is 1. The van der Waals surface area contributed by atoms with Crippen molar-refractivity contribution in [3.8, 4) is 0 Å². The van der Waals surface area contributed by atoms with Crippen LogP contribution in [-0.4, -0.2) is 39.0 Å². The zero-order chi connectivity index (χ0) is 18.9. The second-order valence-electron chi connectivity index (χ2n) is 6.49. The molecule has 1 unspecified atom stereocenters. The number of hydrogen-bond donors (Lipinski definition) is 4. The lowest BCUT2D eigenvalue weighted by atomic mass is 9.99. The molecular weight excluding hydrogens is 381 g/mol. The van der Waals surface area contributed by atoms with Crippen molar-refractivity contribution in [3.05, 3.63) is 46.5 Å². The van der Waals surface area contributed by atoms with E-state index in [-0.39, 0.29) is 16.2 Å². The number of amidine groups is 1. The van der Waals surface area contributed by atoms with Crippen LogP contribution in [0.3, 0.4) is 0 Å². The predicted molar refractivity (Wildman–Crippen MR) is 99.8 cm³/mol. The average Bonchev–Trinajstić information content (AvgIpc) is 2.57. The molecule has 0 spiro atoms. The molecule has 7 nitrogen and oxygen atoms in total. The SMILES string of the molecule is CS(=O)(=O)C1=NC(N)(c2ccc(F)c(Cl)c2)C=C(NC2CCNCC2)N1. The van der Waals surface area contributed by atoms with Crippen molar-refractivity contribution in [2.75, 3.05) is 19.3 Å². The highest BCUT2D eigenvalue weighted by Gasteiger charge is 2.34. The summed E-state index contributed by atoms with van der Waals surface area (Å²) in [7, 11) is -3.64. The Bertz CT molecular complexity index is 867. The maximum atomic E-state index is 13.5. The molecule has 1 saturated heterocycles. The van der Waals surface area contributed by atoms with Crippen LogP contribution in [0.4, 0.5) is 4.39 Å². The van der Waals surface area contributed by atoms with Gasteiger partial charge in [-0.25, -0.2) is 17.8 Å². The van der Waals surface area contributed by atoms with Gasteiger partial charge < -0.3 is 16.0 Å². The van der Waals surface area contributed by atoms with Gasteiger partial charge in [-0.1, -0.05) is 17.7 Å². The lowest BCUT2D eigenvalue weighted by molar-refractivity contribution is 0.403. The quantitative estimate of drug-likeness (QED) is 0.596. The van der Waals surface area contributed by atoms with Crippen molar-refractivity contribution in [1.82, 2.24) is 16.0 Å². The van der Waals surface area contributed by atoms with Crippen molar-refractivity contribution in [2.45, 2.75) is 24.5 Å². The first-order valence-electron chi connectivity index (χ1n) is 8.19. The number of nitrogens with one attached hydrogen (secondary N) is 3. The first kappa shape index (κ1) is 19.1. The van der Waals surface area contributed by atoms with E-state index < -0.39 is 21.3 Å². The molecule has 26 heavy (non-hydrogen) atoms. The number of nitrogens with zero attached hydrogens (tertiary/aromatic N) is 1. The zero-order valence-electron chi connectivity index (χ0n) is 14.2. The molecule has 0 amide bonds. The maximum Gasteiger partial charge on any atom is 0.224 e. The van der Waals surface area contributed by atoms with Crippen LogP contribution in [0.25, 0.3) is 0 Å². The normalized spacial score (nSPS) is 24.5. The Labute approximate surface area is 156 Å². The van der Waals surface area contributed by atoms with Gasteiger partial charge in [-0.2, -0.15) is 0 Å². The van der Waals surface area contributed by atoms with E-state index >= 15 is 0 Å². The second kappa shape index (κ2) is 7.15. The Kier molecular flexibility index (Phi) is 5.25. The third kappa shape index (κ3) is 4.17. The van der Waals surface area contributed by atoms with Crippen LogP contribution < -0.4 is 21.7 Å². The number of halogens is 2. The van der Waals surface area contributed by atoms with Gasteiger partial charge in [0.15, 0.2) is 5.66 Å². The molecule has 0 bridgehead atoms. The predicted octanol–water partition coefficient (Wildman–Crippen LogP) is 0.777. The molecule has 0 saturated carbocycles. The highest BCUT2D eigenvalue weighted by molar-refractivity contribution is 8.05. The van der Waals surface area contributed by atoms with E-state index in [4.69, 9.17) is 17.3 Å². The number of piperidine rings is 1. The third-order valence-electron chi connectivity index (χ3n) is 4.32. The van der Waals surface area contributed by atoms with Gasteiger partial charge in [0.05, 0.1) is 5.02 Å². The molecule has 0 aromatic heterocycles. The van der Waals surface area contributed by atoms with Crippen LogP contribution in [-0.2, 0) is 15.5 Å². The van der Waals surface area contributed by atoms with E-state index in [1.165, 1.54) is 18.2 Å². The summed E-state index contributed by atoms with van der Waals surface area (Å²) < 4.78 is 37.6. The second-order valence-corrected chi connectivity index (χ2v) is 8.83. The summed E-state index contributed by atoms with van der Waals surface area (Å²) in [5, 5.41) is 8.99. The van der Waals surface area contributed by atoms with Crippen molar-refractivity contribution >= 4 is 26.6 Å². The molecule has 1 fully saturated rings. The molecule has 1 aromatic carbocycles. The molecule has 2 heterocycles. The van der Waals surface area contributed by atoms with Crippen LogP contribution in [0.1, 0.15) is 18.4 Å². The standard InChI is InChI=1S/C16H21ClFN5O2S/c1-26(24,25)15-22-14(21-11-4-6-20-7-5-11)9-16(19,23-15)10-2-3-13(18)12(17)8-10/h2-3,8-9,11,20-21H,4-7,19H2,1H3,(H,22,23). The number of aliphatic imine (C=N–C) groups is 1. The summed E-state index contributed by atoms with van der Waals surface area (Å²) in [6.45, 7) is 1.75. The monoisotopic (exact) mass is 401 g/mol. The highest BCUT2D eigenvalue weighted by Crippen LogP contribution is 2.29. The molecule has 2 aliphatic rings. The van der Waals surface area contributed by atoms with Crippen molar-refractivity contribution in [3.63, 3.8) is 0 Å². The van der Waals surface area contributed by atoms with E-state index in [0.717, 1.165) is 32.2 Å². The van der Waals surface area contributed by atoms with Crippen molar-refractivity contribution < 1.29 is 12.8 Å². The minimum absolute atomic E-state index is 0.108. The van der Waals surface area contributed by atoms with Gasteiger partial charge >= 0.3 is 0 Å². The summed E-state index contributed by atoms with van der Waals surface area (Å²) in [6.07, 6.45) is 4.42. The van der Waals surface area contributed by atoms with Crippen LogP contribution in [0.5, 0.6) is 0 Å². The van der Waals surface area contributed by atoms with Crippen LogP contribution >= 0.6 is 11.6 Å². The Morgan fingerprint density at radius 1 is 1.38 bits per heavy atom. The van der Waals surface area contributed by atoms with E-state index in [1.54, 1.807) is 6.08 Å². The maximum absolute atomic E-state index is 13.5. The van der Waals surface area contributed by atoms with E-state index in [9.17, 15) is 12.8 Å². The average molecular weight is 402 g/mol. The smallest absolute Gasteiger partial charge is 0.224 e.